The van der Waals surface area contributed by atoms with Gasteiger partial charge in [-0.15, -0.1) is 0 Å². The van der Waals surface area contributed by atoms with Crippen molar-refractivity contribution in [3.8, 4) is 0 Å². The van der Waals surface area contributed by atoms with Crippen LogP contribution in [0.5, 0.6) is 0 Å². The van der Waals surface area contributed by atoms with Crippen LogP contribution in [0.2, 0.25) is 5.02 Å². The molecule has 114 valence electrons. The molecule has 1 aromatic carbocycles. The van der Waals surface area contributed by atoms with Crippen molar-refractivity contribution >= 4 is 23.2 Å². The van der Waals surface area contributed by atoms with Crippen LogP contribution in [0.4, 0.5) is 5.69 Å². The van der Waals surface area contributed by atoms with Gasteiger partial charge in [-0.3, -0.25) is 4.79 Å². The highest BCUT2D eigenvalue weighted by Gasteiger charge is 2.36. The van der Waals surface area contributed by atoms with E-state index in [9.17, 15) is 4.79 Å². The third-order valence-electron chi connectivity index (χ3n) is 4.66. The van der Waals surface area contributed by atoms with Crippen molar-refractivity contribution in [1.82, 2.24) is 4.90 Å². The lowest BCUT2D eigenvalue weighted by molar-refractivity contribution is -0.133. The first-order valence-electron chi connectivity index (χ1n) is 7.63. The van der Waals surface area contributed by atoms with Gasteiger partial charge in [-0.25, -0.2) is 0 Å². The summed E-state index contributed by atoms with van der Waals surface area (Å²) in [5, 5.41) is 0.751. The van der Waals surface area contributed by atoms with E-state index in [4.69, 9.17) is 17.3 Å². The summed E-state index contributed by atoms with van der Waals surface area (Å²) >= 11 is 6.03. The standard InChI is InChI=1S/C16H22ClN3O/c17-13-3-1-4-14(11-13)19-7-9-20(10-8-19)15(21)12-16(18)5-2-6-16/h1,3-4,11H,2,5-10,12,18H2. The van der Waals surface area contributed by atoms with Gasteiger partial charge in [-0.2, -0.15) is 0 Å². The molecule has 1 heterocycles. The summed E-state index contributed by atoms with van der Waals surface area (Å²) in [6.07, 6.45) is 3.64. The second-order valence-electron chi connectivity index (χ2n) is 6.24. The second-order valence-corrected chi connectivity index (χ2v) is 6.68. The molecule has 1 saturated carbocycles. The van der Waals surface area contributed by atoms with E-state index in [1.165, 1.54) is 0 Å². The summed E-state index contributed by atoms with van der Waals surface area (Å²) in [6.45, 7) is 3.23. The number of hydrogen-bond donors (Lipinski definition) is 1. The van der Waals surface area contributed by atoms with E-state index in [-0.39, 0.29) is 11.4 Å². The first kappa shape index (κ1) is 14.7. The van der Waals surface area contributed by atoms with Crippen molar-refractivity contribution in [2.75, 3.05) is 31.1 Å². The van der Waals surface area contributed by atoms with Crippen LogP contribution in [-0.2, 0) is 4.79 Å². The highest BCUT2D eigenvalue weighted by Crippen LogP contribution is 2.32. The summed E-state index contributed by atoms with van der Waals surface area (Å²) in [5.74, 6) is 0.211. The minimum Gasteiger partial charge on any atom is -0.368 e. The van der Waals surface area contributed by atoms with Crippen LogP contribution in [0, 0.1) is 0 Å². The van der Waals surface area contributed by atoms with Crippen LogP contribution < -0.4 is 10.6 Å². The largest absolute Gasteiger partial charge is 0.368 e. The number of piperazine rings is 1. The Labute approximate surface area is 130 Å². The van der Waals surface area contributed by atoms with Crippen molar-refractivity contribution < 1.29 is 4.79 Å². The fourth-order valence-corrected chi connectivity index (χ4v) is 3.29. The Morgan fingerprint density at radius 2 is 1.95 bits per heavy atom. The maximum Gasteiger partial charge on any atom is 0.224 e. The number of halogens is 1. The van der Waals surface area contributed by atoms with Crippen molar-refractivity contribution in [1.29, 1.82) is 0 Å². The van der Waals surface area contributed by atoms with Gasteiger partial charge < -0.3 is 15.5 Å². The summed E-state index contributed by atoms with van der Waals surface area (Å²) in [5.41, 5.74) is 7.08. The number of carbonyl (C=O) groups is 1. The Hall–Kier alpha value is -1.26. The molecule has 0 radical (unpaired) electrons. The van der Waals surface area contributed by atoms with Crippen molar-refractivity contribution in [3.05, 3.63) is 29.3 Å². The van der Waals surface area contributed by atoms with Crippen LogP contribution >= 0.6 is 11.6 Å². The quantitative estimate of drug-likeness (QED) is 0.932. The van der Waals surface area contributed by atoms with Gasteiger partial charge in [-0.1, -0.05) is 17.7 Å². The molecule has 0 bridgehead atoms. The molecule has 1 amide bonds. The Morgan fingerprint density at radius 1 is 1.24 bits per heavy atom. The Kier molecular flexibility index (Phi) is 4.09. The van der Waals surface area contributed by atoms with Gasteiger partial charge in [0.1, 0.15) is 0 Å². The van der Waals surface area contributed by atoms with E-state index in [1.54, 1.807) is 0 Å². The molecule has 0 aromatic heterocycles. The molecule has 21 heavy (non-hydrogen) atoms. The minimum atomic E-state index is -0.221. The van der Waals surface area contributed by atoms with Gasteiger partial charge in [0.2, 0.25) is 5.91 Å². The number of anilines is 1. The molecule has 4 nitrogen and oxygen atoms in total. The molecular weight excluding hydrogens is 286 g/mol. The van der Waals surface area contributed by atoms with Crippen LogP contribution in [0.15, 0.2) is 24.3 Å². The molecule has 1 saturated heterocycles. The lowest BCUT2D eigenvalue weighted by Gasteiger charge is -2.41. The molecule has 1 aliphatic carbocycles. The molecule has 0 unspecified atom stereocenters. The van der Waals surface area contributed by atoms with Crippen molar-refractivity contribution in [3.63, 3.8) is 0 Å². The zero-order valence-electron chi connectivity index (χ0n) is 12.2. The Morgan fingerprint density at radius 3 is 2.52 bits per heavy atom. The topological polar surface area (TPSA) is 49.6 Å². The molecule has 3 rings (SSSR count). The average molecular weight is 308 g/mol. The first-order chi connectivity index (χ1) is 10.1. The van der Waals surface area contributed by atoms with E-state index in [0.29, 0.717) is 6.42 Å². The lowest BCUT2D eigenvalue weighted by Crippen LogP contribution is -2.54. The normalized spacial score (nSPS) is 21.0. The van der Waals surface area contributed by atoms with Gasteiger partial charge in [0.15, 0.2) is 0 Å². The zero-order valence-corrected chi connectivity index (χ0v) is 13.0. The van der Waals surface area contributed by atoms with E-state index in [0.717, 1.165) is 56.2 Å². The molecule has 2 fully saturated rings. The molecule has 0 spiro atoms. The maximum atomic E-state index is 12.3. The predicted octanol–water partition coefficient (Wildman–Crippen LogP) is 2.26. The molecular formula is C16H22ClN3O. The summed E-state index contributed by atoms with van der Waals surface area (Å²) < 4.78 is 0. The Bertz CT molecular complexity index is 522. The third-order valence-corrected chi connectivity index (χ3v) is 4.89. The van der Waals surface area contributed by atoms with E-state index in [2.05, 4.69) is 11.0 Å². The molecule has 2 aliphatic rings. The lowest BCUT2D eigenvalue weighted by atomic mass is 9.75. The average Bonchev–Trinajstić information content (AvgIpc) is 2.46. The maximum absolute atomic E-state index is 12.3. The van der Waals surface area contributed by atoms with Gasteiger partial charge in [-0.05, 0) is 37.5 Å². The van der Waals surface area contributed by atoms with E-state index >= 15 is 0 Å². The van der Waals surface area contributed by atoms with E-state index < -0.39 is 0 Å². The van der Waals surface area contributed by atoms with Gasteiger partial charge >= 0.3 is 0 Å². The fourth-order valence-electron chi connectivity index (χ4n) is 3.11. The van der Waals surface area contributed by atoms with Crippen molar-refractivity contribution in [2.24, 2.45) is 5.73 Å². The predicted molar refractivity (Wildman–Crippen MR) is 85.6 cm³/mol. The summed E-state index contributed by atoms with van der Waals surface area (Å²) in [4.78, 5) is 16.5. The van der Waals surface area contributed by atoms with Crippen molar-refractivity contribution in [2.45, 2.75) is 31.2 Å². The van der Waals surface area contributed by atoms with Gasteiger partial charge in [0, 0.05) is 48.8 Å². The van der Waals surface area contributed by atoms with Gasteiger partial charge in [0.25, 0.3) is 0 Å². The van der Waals surface area contributed by atoms with Crippen LogP contribution in [0.3, 0.4) is 0 Å². The highest BCUT2D eigenvalue weighted by molar-refractivity contribution is 6.30. The molecule has 1 aromatic rings. The number of carbonyl (C=O) groups excluding carboxylic acids is 1. The second kappa shape index (κ2) is 5.85. The number of nitrogens with two attached hydrogens (primary N) is 1. The highest BCUT2D eigenvalue weighted by atomic mass is 35.5. The number of benzene rings is 1. The summed E-state index contributed by atoms with van der Waals surface area (Å²) in [6, 6.07) is 7.88. The third kappa shape index (κ3) is 3.33. The number of amides is 1. The van der Waals surface area contributed by atoms with Crippen LogP contribution in [0.1, 0.15) is 25.7 Å². The fraction of sp³-hybridized carbons (Fsp3) is 0.562. The zero-order chi connectivity index (χ0) is 14.9. The molecule has 0 atom stereocenters. The Balaban J connectivity index is 1.54. The minimum absolute atomic E-state index is 0.211. The monoisotopic (exact) mass is 307 g/mol. The molecule has 2 N–H and O–H groups in total. The smallest absolute Gasteiger partial charge is 0.224 e. The molecule has 5 heteroatoms. The number of rotatable bonds is 3. The van der Waals surface area contributed by atoms with E-state index in [1.807, 2.05) is 23.1 Å². The first-order valence-corrected chi connectivity index (χ1v) is 8.01. The molecule has 1 aliphatic heterocycles. The SMILES string of the molecule is NC1(CC(=O)N2CCN(c3cccc(Cl)c3)CC2)CCC1. The number of hydrogen-bond acceptors (Lipinski definition) is 3. The van der Waals surface area contributed by atoms with Crippen LogP contribution in [0.25, 0.3) is 0 Å². The van der Waals surface area contributed by atoms with Gasteiger partial charge in [0.05, 0.1) is 0 Å². The number of nitrogens with zero attached hydrogens (tertiary/aromatic N) is 2. The summed E-state index contributed by atoms with van der Waals surface area (Å²) in [7, 11) is 0. The van der Waals surface area contributed by atoms with Crippen LogP contribution in [-0.4, -0.2) is 42.5 Å².